The van der Waals surface area contributed by atoms with Crippen LogP contribution in [0.4, 0.5) is 5.69 Å². The van der Waals surface area contributed by atoms with Crippen LogP contribution >= 0.6 is 0 Å². The van der Waals surface area contributed by atoms with Gasteiger partial charge in [0.05, 0.1) is 7.11 Å². The van der Waals surface area contributed by atoms with E-state index in [1.807, 2.05) is 0 Å². The van der Waals surface area contributed by atoms with Gasteiger partial charge in [0.25, 0.3) is 5.91 Å². The van der Waals surface area contributed by atoms with Crippen molar-refractivity contribution < 1.29 is 19.4 Å². The highest BCUT2D eigenvalue weighted by Gasteiger charge is 2.12. The van der Waals surface area contributed by atoms with Gasteiger partial charge in [-0.05, 0) is 48.4 Å². The molecule has 0 radical (unpaired) electrons. The Morgan fingerprint density at radius 2 is 1.74 bits per heavy atom. The molecular formula is C17H18N2O4. The number of carbonyl (C=O) groups is 2. The van der Waals surface area contributed by atoms with Crippen LogP contribution in [0.15, 0.2) is 48.5 Å². The van der Waals surface area contributed by atoms with Crippen molar-refractivity contribution in [1.82, 2.24) is 0 Å². The third kappa shape index (κ3) is 4.55. The van der Waals surface area contributed by atoms with Gasteiger partial charge in [-0.3, -0.25) is 9.59 Å². The number of hydrogen-bond donors (Lipinski definition) is 3. The highest BCUT2D eigenvalue weighted by Crippen LogP contribution is 2.15. The van der Waals surface area contributed by atoms with E-state index in [9.17, 15) is 9.59 Å². The van der Waals surface area contributed by atoms with E-state index < -0.39 is 12.0 Å². The van der Waals surface area contributed by atoms with Crippen LogP contribution in [0.25, 0.3) is 0 Å². The van der Waals surface area contributed by atoms with Crippen molar-refractivity contribution in [1.29, 1.82) is 0 Å². The van der Waals surface area contributed by atoms with Gasteiger partial charge in [-0.1, -0.05) is 12.1 Å². The maximum Gasteiger partial charge on any atom is 0.320 e. The lowest BCUT2D eigenvalue weighted by Crippen LogP contribution is -2.32. The summed E-state index contributed by atoms with van der Waals surface area (Å²) < 4.78 is 5.05. The van der Waals surface area contributed by atoms with Crippen LogP contribution in [0.5, 0.6) is 5.75 Å². The summed E-state index contributed by atoms with van der Waals surface area (Å²) in [5.74, 6) is -0.592. The predicted octanol–water partition coefficient (Wildman–Crippen LogP) is 1.90. The summed E-state index contributed by atoms with van der Waals surface area (Å²) in [5, 5.41) is 11.6. The fraction of sp³-hybridized carbons (Fsp3) is 0.176. The number of nitrogens with one attached hydrogen (secondary N) is 1. The number of carboxylic acid groups (broad SMARTS) is 1. The molecule has 0 aliphatic rings. The van der Waals surface area contributed by atoms with E-state index in [0.29, 0.717) is 17.0 Å². The topological polar surface area (TPSA) is 102 Å². The van der Waals surface area contributed by atoms with Gasteiger partial charge in [0.2, 0.25) is 0 Å². The number of aliphatic carboxylic acids is 1. The molecule has 1 atom stereocenters. The number of ether oxygens (including phenoxy) is 1. The monoisotopic (exact) mass is 314 g/mol. The molecular weight excluding hydrogens is 296 g/mol. The van der Waals surface area contributed by atoms with E-state index in [4.69, 9.17) is 15.6 Å². The van der Waals surface area contributed by atoms with Crippen LogP contribution in [-0.4, -0.2) is 30.1 Å². The summed E-state index contributed by atoms with van der Waals surface area (Å²) in [4.78, 5) is 22.8. The van der Waals surface area contributed by atoms with Crippen molar-refractivity contribution >= 4 is 17.6 Å². The van der Waals surface area contributed by atoms with Crippen molar-refractivity contribution in [3.8, 4) is 5.75 Å². The summed E-state index contributed by atoms with van der Waals surface area (Å²) in [7, 11) is 1.56. The Morgan fingerprint density at radius 3 is 2.26 bits per heavy atom. The average Bonchev–Trinajstić information content (AvgIpc) is 2.56. The van der Waals surface area contributed by atoms with E-state index >= 15 is 0 Å². The first-order chi connectivity index (χ1) is 11.0. The molecule has 1 amide bonds. The molecule has 4 N–H and O–H groups in total. The molecule has 0 aliphatic carbocycles. The first kappa shape index (κ1) is 16.5. The standard InChI is InChI=1S/C17H18N2O4/c1-23-14-8-4-12(5-9-14)16(20)19-13-6-2-11(3-7-13)10-15(18)17(21)22/h2-9,15H,10,18H2,1H3,(H,19,20)(H,21,22)/t15-/m0/s1. The van der Waals surface area contributed by atoms with E-state index in [0.717, 1.165) is 5.56 Å². The third-order valence-corrected chi connectivity index (χ3v) is 3.34. The molecule has 2 aromatic carbocycles. The number of carboxylic acids is 1. The quantitative estimate of drug-likeness (QED) is 0.756. The number of rotatable bonds is 6. The zero-order valence-corrected chi connectivity index (χ0v) is 12.7. The van der Waals surface area contributed by atoms with Gasteiger partial charge >= 0.3 is 5.97 Å². The first-order valence-electron chi connectivity index (χ1n) is 7.02. The number of carbonyl (C=O) groups excluding carboxylic acids is 1. The fourth-order valence-electron chi connectivity index (χ4n) is 2.01. The largest absolute Gasteiger partial charge is 0.497 e. The molecule has 0 aromatic heterocycles. The summed E-state index contributed by atoms with van der Waals surface area (Å²) in [6.07, 6.45) is 0.238. The van der Waals surface area contributed by atoms with Gasteiger partial charge < -0.3 is 20.9 Å². The number of anilines is 1. The minimum Gasteiger partial charge on any atom is -0.497 e. The summed E-state index contributed by atoms with van der Waals surface area (Å²) in [6.45, 7) is 0. The smallest absolute Gasteiger partial charge is 0.320 e. The van der Waals surface area contributed by atoms with Gasteiger partial charge in [-0.15, -0.1) is 0 Å². The van der Waals surface area contributed by atoms with Gasteiger partial charge in [-0.25, -0.2) is 0 Å². The first-order valence-corrected chi connectivity index (χ1v) is 7.02. The molecule has 0 bridgehead atoms. The summed E-state index contributed by atoms with van der Waals surface area (Å²) in [6, 6.07) is 12.8. The zero-order valence-electron chi connectivity index (χ0n) is 12.7. The fourth-order valence-corrected chi connectivity index (χ4v) is 2.01. The minimum absolute atomic E-state index is 0.234. The van der Waals surface area contributed by atoms with Crippen LogP contribution in [0, 0.1) is 0 Å². The van der Waals surface area contributed by atoms with Gasteiger partial charge in [0, 0.05) is 11.3 Å². The van der Waals surface area contributed by atoms with Crippen LogP contribution in [-0.2, 0) is 11.2 Å². The molecule has 0 unspecified atom stereocenters. The number of hydrogen-bond acceptors (Lipinski definition) is 4. The van der Waals surface area contributed by atoms with Crippen molar-refractivity contribution in [3.05, 3.63) is 59.7 Å². The number of nitrogens with two attached hydrogens (primary N) is 1. The maximum absolute atomic E-state index is 12.1. The Hall–Kier alpha value is -2.86. The van der Waals surface area contributed by atoms with Gasteiger partial charge in [0.1, 0.15) is 11.8 Å². The normalized spacial score (nSPS) is 11.6. The lowest BCUT2D eigenvalue weighted by molar-refractivity contribution is -0.138. The number of benzene rings is 2. The number of methoxy groups -OCH3 is 1. The van der Waals surface area contributed by atoms with Crippen molar-refractivity contribution in [2.75, 3.05) is 12.4 Å². The molecule has 0 saturated heterocycles. The molecule has 0 saturated carbocycles. The van der Waals surface area contributed by atoms with Crippen LogP contribution in [0.1, 0.15) is 15.9 Å². The van der Waals surface area contributed by atoms with E-state index in [2.05, 4.69) is 5.32 Å². The number of amides is 1. The SMILES string of the molecule is COc1ccc(C(=O)Nc2ccc(C[C@H](N)C(=O)O)cc2)cc1. The summed E-state index contributed by atoms with van der Waals surface area (Å²) in [5.41, 5.74) is 7.42. The van der Waals surface area contributed by atoms with Gasteiger partial charge in [-0.2, -0.15) is 0 Å². The molecule has 0 heterocycles. The molecule has 2 aromatic rings. The molecule has 0 fully saturated rings. The Labute approximate surface area is 133 Å². The highest BCUT2D eigenvalue weighted by molar-refractivity contribution is 6.04. The molecule has 6 heteroatoms. The molecule has 2 rings (SSSR count). The average molecular weight is 314 g/mol. The second-order valence-electron chi connectivity index (χ2n) is 5.03. The lowest BCUT2D eigenvalue weighted by atomic mass is 10.1. The van der Waals surface area contributed by atoms with E-state index in [1.165, 1.54) is 0 Å². The Kier molecular flexibility index (Phi) is 5.32. The van der Waals surface area contributed by atoms with Crippen LogP contribution in [0.2, 0.25) is 0 Å². The molecule has 23 heavy (non-hydrogen) atoms. The Bertz CT molecular complexity index is 681. The van der Waals surface area contributed by atoms with E-state index in [-0.39, 0.29) is 12.3 Å². The van der Waals surface area contributed by atoms with Crippen molar-refractivity contribution in [2.24, 2.45) is 5.73 Å². The van der Waals surface area contributed by atoms with Crippen LogP contribution in [0.3, 0.4) is 0 Å². The Balaban J connectivity index is 1.99. The Morgan fingerprint density at radius 1 is 1.13 bits per heavy atom. The van der Waals surface area contributed by atoms with Gasteiger partial charge in [0.15, 0.2) is 0 Å². The van der Waals surface area contributed by atoms with Crippen molar-refractivity contribution in [2.45, 2.75) is 12.5 Å². The highest BCUT2D eigenvalue weighted by atomic mass is 16.5. The second-order valence-corrected chi connectivity index (χ2v) is 5.03. The zero-order chi connectivity index (χ0) is 16.8. The molecule has 0 aliphatic heterocycles. The molecule has 0 spiro atoms. The third-order valence-electron chi connectivity index (χ3n) is 3.34. The molecule has 120 valence electrons. The summed E-state index contributed by atoms with van der Waals surface area (Å²) >= 11 is 0. The minimum atomic E-state index is -1.04. The predicted molar refractivity (Wildman–Crippen MR) is 86.7 cm³/mol. The molecule has 6 nitrogen and oxygen atoms in total. The van der Waals surface area contributed by atoms with Crippen LogP contribution < -0.4 is 15.8 Å². The maximum atomic E-state index is 12.1. The van der Waals surface area contributed by atoms with Crippen molar-refractivity contribution in [3.63, 3.8) is 0 Å². The lowest BCUT2D eigenvalue weighted by Gasteiger charge is -2.09. The van der Waals surface area contributed by atoms with E-state index in [1.54, 1.807) is 55.6 Å². The second kappa shape index (κ2) is 7.42.